The normalized spacial score (nSPS) is 14.3. The molecule has 1 N–H and O–H groups in total. The van der Waals surface area contributed by atoms with Gasteiger partial charge in [-0.25, -0.2) is 24.7 Å². The number of hydrogen-bond acceptors (Lipinski definition) is 9. The molecule has 0 aliphatic carbocycles. The average Bonchev–Trinajstić information content (AvgIpc) is 3.33. The molecule has 1 fully saturated rings. The van der Waals surface area contributed by atoms with Crippen LogP contribution in [0.4, 0.5) is 22.2 Å². The minimum atomic E-state index is -0.516. The van der Waals surface area contributed by atoms with Crippen LogP contribution in [-0.2, 0) is 4.74 Å². The van der Waals surface area contributed by atoms with E-state index in [-0.39, 0.29) is 12.1 Å². The first kappa shape index (κ1) is 27.4. The summed E-state index contributed by atoms with van der Waals surface area (Å²) in [5.74, 6) is 1.74. The molecule has 11 heteroatoms. The predicted octanol–water partition coefficient (Wildman–Crippen LogP) is 5.46. The Bertz CT molecular complexity index is 1530. The smallest absolute Gasteiger partial charge is 0.410 e. The molecular formula is C29H38N8O3. The van der Waals surface area contributed by atoms with Crippen LogP contribution in [0, 0.1) is 6.92 Å². The van der Waals surface area contributed by atoms with Gasteiger partial charge in [0, 0.05) is 49.9 Å². The third-order valence-electron chi connectivity index (χ3n) is 6.83. The van der Waals surface area contributed by atoms with Gasteiger partial charge in [-0.2, -0.15) is 0 Å². The fourth-order valence-corrected chi connectivity index (χ4v) is 4.89. The molecule has 4 aromatic rings. The highest BCUT2D eigenvalue weighted by molar-refractivity contribution is 6.03. The molecule has 0 saturated carbocycles. The van der Waals surface area contributed by atoms with Crippen molar-refractivity contribution in [1.82, 2.24) is 29.4 Å². The molecule has 0 radical (unpaired) electrons. The average molecular weight is 547 g/mol. The van der Waals surface area contributed by atoms with Crippen LogP contribution in [0.15, 0.2) is 30.9 Å². The van der Waals surface area contributed by atoms with Gasteiger partial charge in [0.2, 0.25) is 5.95 Å². The minimum Gasteiger partial charge on any atom is -0.492 e. The first-order chi connectivity index (χ1) is 19.0. The highest BCUT2D eigenvalue weighted by Crippen LogP contribution is 2.33. The SMILES string of the molecule is CCOc1cc(Nc2ncc3c(C)cc4ncn(C(C)C)c4c3n2)ncc1N1CCN(C(=O)OC(C)(C)C)CC1. The number of imidazole rings is 1. The number of carbonyl (C=O) groups excluding carboxylic acids is 1. The quantitative estimate of drug-likeness (QED) is 0.337. The minimum absolute atomic E-state index is 0.247. The van der Waals surface area contributed by atoms with Crippen molar-refractivity contribution in [3.63, 3.8) is 0 Å². The molecule has 0 unspecified atom stereocenters. The lowest BCUT2D eigenvalue weighted by molar-refractivity contribution is 0.0240. The third-order valence-corrected chi connectivity index (χ3v) is 6.83. The molecule has 1 saturated heterocycles. The number of hydrogen-bond donors (Lipinski definition) is 1. The van der Waals surface area contributed by atoms with Gasteiger partial charge in [0.15, 0.2) is 0 Å². The Morgan fingerprint density at radius 2 is 1.82 bits per heavy atom. The van der Waals surface area contributed by atoms with E-state index in [0.717, 1.165) is 33.2 Å². The molecule has 1 aliphatic heterocycles. The van der Waals surface area contributed by atoms with E-state index in [4.69, 9.17) is 14.5 Å². The second kappa shape index (κ2) is 10.8. The van der Waals surface area contributed by atoms with E-state index in [2.05, 4.69) is 56.6 Å². The van der Waals surface area contributed by atoms with Crippen LogP contribution in [0.3, 0.4) is 0 Å². The second-order valence-electron chi connectivity index (χ2n) is 11.3. The Morgan fingerprint density at radius 1 is 1.07 bits per heavy atom. The van der Waals surface area contributed by atoms with Crippen LogP contribution in [0.2, 0.25) is 0 Å². The summed E-state index contributed by atoms with van der Waals surface area (Å²) in [5.41, 5.74) is 4.20. The molecule has 1 aliphatic rings. The number of carbonyl (C=O) groups is 1. The molecule has 1 aromatic carbocycles. The second-order valence-corrected chi connectivity index (χ2v) is 11.3. The zero-order valence-electron chi connectivity index (χ0n) is 24.4. The Balaban J connectivity index is 1.38. The van der Waals surface area contributed by atoms with Gasteiger partial charge in [0.1, 0.15) is 22.7 Å². The summed E-state index contributed by atoms with van der Waals surface area (Å²) in [6, 6.07) is 4.20. The highest BCUT2D eigenvalue weighted by Gasteiger charge is 2.27. The topological polar surface area (TPSA) is 111 Å². The van der Waals surface area contributed by atoms with E-state index in [1.54, 1.807) is 11.1 Å². The van der Waals surface area contributed by atoms with Gasteiger partial charge in [-0.05, 0) is 60.1 Å². The number of nitrogens with one attached hydrogen (secondary N) is 1. The number of benzene rings is 1. The number of amides is 1. The van der Waals surface area contributed by atoms with Gasteiger partial charge in [0.25, 0.3) is 0 Å². The first-order valence-corrected chi connectivity index (χ1v) is 13.8. The third kappa shape index (κ3) is 5.59. The van der Waals surface area contributed by atoms with Crippen LogP contribution in [0.25, 0.3) is 21.9 Å². The van der Waals surface area contributed by atoms with E-state index in [9.17, 15) is 4.79 Å². The van der Waals surface area contributed by atoms with Crippen LogP contribution in [0.1, 0.15) is 53.1 Å². The molecular weight excluding hydrogens is 508 g/mol. The van der Waals surface area contributed by atoms with Crippen molar-refractivity contribution in [2.75, 3.05) is 43.0 Å². The van der Waals surface area contributed by atoms with Crippen molar-refractivity contribution >= 4 is 45.5 Å². The zero-order valence-corrected chi connectivity index (χ0v) is 24.4. The molecule has 40 heavy (non-hydrogen) atoms. The summed E-state index contributed by atoms with van der Waals surface area (Å²) in [5, 5.41) is 4.25. The summed E-state index contributed by atoms with van der Waals surface area (Å²) in [6.07, 6.45) is 5.23. The Hall–Kier alpha value is -4.15. The number of ether oxygens (including phenoxy) is 2. The van der Waals surface area contributed by atoms with Crippen molar-refractivity contribution in [2.24, 2.45) is 0 Å². The number of anilines is 3. The molecule has 1 amide bonds. The van der Waals surface area contributed by atoms with Crippen LogP contribution in [0.5, 0.6) is 5.75 Å². The standard InChI is InChI=1S/C29H38N8O3/c1-8-39-23-14-24(30-16-22(23)35-9-11-36(12-10-35)28(38)40-29(5,6)7)33-27-31-15-20-19(4)13-21-26(25(20)34-27)37(17-32-21)18(2)3/h13-18H,8-12H2,1-7H3,(H,30,31,33,34). The molecule has 11 nitrogen and oxygen atoms in total. The lowest BCUT2D eigenvalue weighted by Crippen LogP contribution is -2.50. The highest BCUT2D eigenvalue weighted by atomic mass is 16.6. The maximum atomic E-state index is 12.5. The van der Waals surface area contributed by atoms with E-state index in [1.807, 2.05) is 46.3 Å². The maximum absolute atomic E-state index is 12.5. The van der Waals surface area contributed by atoms with Crippen molar-refractivity contribution in [2.45, 2.75) is 60.1 Å². The lowest BCUT2D eigenvalue weighted by atomic mass is 10.1. The Kier molecular flexibility index (Phi) is 7.39. The van der Waals surface area contributed by atoms with Gasteiger partial charge in [-0.3, -0.25) is 0 Å². The first-order valence-electron chi connectivity index (χ1n) is 13.8. The van der Waals surface area contributed by atoms with Crippen molar-refractivity contribution in [1.29, 1.82) is 0 Å². The zero-order chi connectivity index (χ0) is 28.6. The molecule has 0 spiro atoms. The summed E-state index contributed by atoms with van der Waals surface area (Å²) in [4.78, 5) is 35.1. The van der Waals surface area contributed by atoms with Crippen LogP contribution < -0.4 is 15.0 Å². The van der Waals surface area contributed by atoms with Crippen molar-refractivity contribution in [3.8, 4) is 5.75 Å². The monoisotopic (exact) mass is 546 g/mol. The van der Waals surface area contributed by atoms with Gasteiger partial charge in [-0.15, -0.1) is 0 Å². The summed E-state index contributed by atoms with van der Waals surface area (Å²) in [6.45, 7) is 16.8. The van der Waals surface area contributed by atoms with Gasteiger partial charge >= 0.3 is 6.09 Å². The fourth-order valence-electron chi connectivity index (χ4n) is 4.89. The molecule has 212 valence electrons. The van der Waals surface area contributed by atoms with Gasteiger partial charge in [0.05, 0.1) is 35.9 Å². The van der Waals surface area contributed by atoms with Gasteiger partial charge < -0.3 is 29.2 Å². The number of rotatable bonds is 6. The van der Waals surface area contributed by atoms with E-state index >= 15 is 0 Å². The largest absolute Gasteiger partial charge is 0.492 e. The Morgan fingerprint density at radius 3 is 2.50 bits per heavy atom. The fraction of sp³-hybridized carbons (Fsp3) is 0.483. The molecule has 3 aromatic heterocycles. The van der Waals surface area contributed by atoms with E-state index in [0.29, 0.717) is 50.3 Å². The number of fused-ring (bicyclic) bond motifs is 3. The number of pyridine rings is 1. The molecule has 0 bridgehead atoms. The number of aryl methyl sites for hydroxylation is 1. The summed E-state index contributed by atoms with van der Waals surface area (Å²) in [7, 11) is 0. The molecule has 0 atom stereocenters. The number of aromatic nitrogens is 5. The lowest BCUT2D eigenvalue weighted by Gasteiger charge is -2.37. The summed E-state index contributed by atoms with van der Waals surface area (Å²) >= 11 is 0. The summed E-state index contributed by atoms with van der Waals surface area (Å²) < 4.78 is 13.7. The van der Waals surface area contributed by atoms with Crippen molar-refractivity contribution < 1.29 is 14.3 Å². The van der Waals surface area contributed by atoms with E-state index in [1.165, 1.54) is 0 Å². The molecule has 5 rings (SSSR count). The predicted molar refractivity (Wildman–Crippen MR) is 157 cm³/mol. The van der Waals surface area contributed by atoms with Crippen LogP contribution in [-0.4, -0.2) is 73.9 Å². The number of piperazine rings is 1. The Labute approximate surface area is 234 Å². The number of nitrogens with zero attached hydrogens (tertiary/aromatic N) is 7. The van der Waals surface area contributed by atoms with E-state index < -0.39 is 5.60 Å². The van der Waals surface area contributed by atoms with Crippen LogP contribution >= 0.6 is 0 Å². The maximum Gasteiger partial charge on any atom is 0.410 e. The van der Waals surface area contributed by atoms with Crippen molar-refractivity contribution in [3.05, 3.63) is 36.4 Å². The molecule has 4 heterocycles. The van der Waals surface area contributed by atoms with Gasteiger partial charge in [-0.1, -0.05) is 0 Å².